The molecule has 0 saturated carbocycles. The molecule has 20 heteroatoms. The molecule has 240 valence electrons. The number of aromatic nitrogens is 2. The second-order valence-electron chi connectivity index (χ2n) is 10.4. The molecule has 5 heterocycles. The van der Waals surface area contributed by atoms with Gasteiger partial charge < -0.3 is 41.0 Å². The van der Waals surface area contributed by atoms with Crippen molar-refractivity contribution in [3.63, 3.8) is 0 Å². The van der Waals surface area contributed by atoms with E-state index < -0.39 is 59.5 Å². The lowest BCUT2D eigenvalue weighted by Crippen LogP contribution is -2.71. The molecule has 6 N–H and O–H groups in total. The van der Waals surface area contributed by atoms with Crippen LogP contribution < -0.4 is 11.1 Å². The number of nitrogens with zero attached hydrogens (tertiary/aromatic N) is 6. The zero-order valence-electron chi connectivity index (χ0n) is 23.6. The number of rotatable bonds is 9. The van der Waals surface area contributed by atoms with Crippen LogP contribution in [0, 0.1) is 0 Å². The maximum Gasteiger partial charge on any atom is 0.410 e. The third kappa shape index (κ3) is 6.20. The van der Waals surface area contributed by atoms with Crippen molar-refractivity contribution in [3.8, 4) is 0 Å². The minimum Gasteiger partial charge on any atom is -0.477 e. The molecular weight excluding hydrogens is 636 g/mol. The highest BCUT2D eigenvalue weighted by atomic mass is 32.2. The Kier molecular flexibility index (Phi) is 9.07. The van der Waals surface area contributed by atoms with Gasteiger partial charge in [-0.15, -0.1) is 11.8 Å². The predicted molar refractivity (Wildman–Crippen MR) is 155 cm³/mol. The summed E-state index contributed by atoms with van der Waals surface area (Å²) in [6.45, 7) is 1.55. The number of ketones is 1. The molecule has 0 bridgehead atoms. The first-order valence-corrected chi connectivity index (χ1v) is 15.4. The fourth-order valence-electron chi connectivity index (χ4n) is 5.32. The molecule has 1 aromatic rings. The summed E-state index contributed by atoms with van der Waals surface area (Å²) in [5.74, 6) is -4.11. The van der Waals surface area contributed by atoms with Gasteiger partial charge in [0.1, 0.15) is 23.2 Å². The quantitative estimate of drug-likeness (QED) is 0.0652. The number of fused-ring (bicyclic) bond motifs is 1. The number of thioether (sulfide) groups is 1. The number of likely N-dealkylation sites (tertiary alicyclic amines) is 2. The van der Waals surface area contributed by atoms with Crippen LogP contribution in [0.1, 0.15) is 25.6 Å². The minimum absolute atomic E-state index is 0.0307. The van der Waals surface area contributed by atoms with Gasteiger partial charge in [0.25, 0.3) is 11.8 Å². The summed E-state index contributed by atoms with van der Waals surface area (Å²) in [7, 11) is 0. The molecule has 45 heavy (non-hydrogen) atoms. The Hall–Kier alpha value is -4.56. The molecule has 1 unspecified atom stereocenters. The molecule has 3 fully saturated rings. The molecule has 4 aliphatic heterocycles. The van der Waals surface area contributed by atoms with E-state index in [9.17, 15) is 44.2 Å². The average molecular weight is 665 g/mol. The van der Waals surface area contributed by atoms with Crippen LogP contribution in [0.3, 0.4) is 0 Å². The monoisotopic (exact) mass is 664 g/mol. The van der Waals surface area contributed by atoms with Crippen LogP contribution in [0.2, 0.25) is 0 Å². The van der Waals surface area contributed by atoms with Crippen LogP contribution in [0.15, 0.2) is 28.1 Å². The minimum atomic E-state index is -1.38. The molecule has 4 amide bonds. The van der Waals surface area contributed by atoms with Gasteiger partial charge in [-0.3, -0.25) is 24.1 Å². The molecule has 18 nitrogen and oxygen atoms in total. The van der Waals surface area contributed by atoms with Crippen molar-refractivity contribution < 1.29 is 48.9 Å². The summed E-state index contributed by atoms with van der Waals surface area (Å²) in [5.41, 5.74) is 5.25. The Morgan fingerprint density at radius 3 is 2.67 bits per heavy atom. The number of carboxylic acids is 1. The maximum atomic E-state index is 13.3. The normalized spacial score (nSPS) is 24.9. The lowest BCUT2D eigenvalue weighted by atomic mass is 10.0. The van der Waals surface area contributed by atoms with Crippen LogP contribution in [-0.4, -0.2) is 136 Å². The number of aliphatic hydroxyl groups is 1. The number of oxime groups is 1. The summed E-state index contributed by atoms with van der Waals surface area (Å²) in [4.78, 5) is 83.1. The van der Waals surface area contributed by atoms with Gasteiger partial charge in [0, 0.05) is 42.5 Å². The summed E-state index contributed by atoms with van der Waals surface area (Å²) < 4.78 is 8.77. The fraction of sp³-hybridized carbons (Fsp3) is 0.480. The molecule has 1 aromatic heterocycles. The van der Waals surface area contributed by atoms with Gasteiger partial charge in [-0.2, -0.15) is 9.36 Å². The van der Waals surface area contributed by atoms with Crippen molar-refractivity contribution in [1.82, 2.24) is 29.4 Å². The van der Waals surface area contributed by atoms with E-state index in [0.29, 0.717) is 31.5 Å². The standard InChI is InChI=1S/C25H28N8O10S2/c1-10(34)14(35)8-43-25(41)31-4-3-13(7-31)32-5-2-11(20(32)37)6-12-9-44-22-16(21(38)33(22)17(12)23(39)40)27-19(36)15(29-42)18-28-24(26)45-30-18/h6,10,13,16,22,34,42H,2-5,7-9H2,1H3,(H,27,36)(H,39,40)(H2,26,28,30)/b11-6+,29-15-/t10?,13-,16-,22-/m1/s1. The number of β-lactam (4-membered cyclic amide) rings is 1. The molecular formula is C25H28N8O10S2. The number of allylic oxidation sites excluding steroid dienone is 1. The van der Waals surface area contributed by atoms with E-state index in [1.54, 1.807) is 4.90 Å². The fourth-order valence-corrected chi connectivity index (χ4v) is 7.06. The molecule has 0 aliphatic carbocycles. The summed E-state index contributed by atoms with van der Waals surface area (Å²) in [6, 6.07) is -1.43. The highest BCUT2D eigenvalue weighted by molar-refractivity contribution is 8.00. The number of Topliss-reactive ketones (excluding diaryl/α,β-unsaturated/α-hetero) is 1. The number of aliphatic hydroxyl groups excluding tert-OH is 1. The van der Waals surface area contributed by atoms with Gasteiger partial charge in [0.05, 0.1) is 6.04 Å². The van der Waals surface area contributed by atoms with Gasteiger partial charge in [-0.1, -0.05) is 5.16 Å². The third-order valence-corrected chi connectivity index (χ3v) is 9.47. The first-order valence-electron chi connectivity index (χ1n) is 13.6. The van der Waals surface area contributed by atoms with Crippen molar-refractivity contribution in [2.75, 3.05) is 37.7 Å². The van der Waals surface area contributed by atoms with E-state index in [2.05, 4.69) is 19.8 Å². The SMILES string of the molecule is CC(O)C(=O)COC(=O)N1CC[C@@H](N2CC/C(=C\C3=C(C(=O)O)N4C(=O)[C@@H](NC(=O)/C(=N\O)c5nsc(N)n5)[C@H]4SC3)C2=O)C1. The van der Waals surface area contributed by atoms with Crippen molar-refractivity contribution in [2.45, 2.75) is 43.3 Å². The summed E-state index contributed by atoms with van der Waals surface area (Å²) in [5, 5.41) is 33.2. The van der Waals surface area contributed by atoms with E-state index in [1.165, 1.54) is 29.7 Å². The Balaban J connectivity index is 1.24. The Morgan fingerprint density at radius 1 is 1.27 bits per heavy atom. The van der Waals surface area contributed by atoms with Crippen molar-refractivity contribution in [2.24, 2.45) is 5.16 Å². The van der Waals surface area contributed by atoms with Gasteiger partial charge >= 0.3 is 12.1 Å². The number of aliphatic carboxylic acids is 1. The largest absolute Gasteiger partial charge is 0.477 e. The number of carboxylic acid groups (broad SMARTS) is 1. The van der Waals surface area contributed by atoms with E-state index >= 15 is 0 Å². The second kappa shape index (κ2) is 12.8. The molecule has 4 aliphatic rings. The number of ether oxygens (including phenoxy) is 1. The van der Waals surface area contributed by atoms with Gasteiger partial charge in [0.15, 0.2) is 17.5 Å². The highest BCUT2D eigenvalue weighted by Crippen LogP contribution is 2.41. The number of nitrogens with two attached hydrogens (primary N) is 1. The first kappa shape index (κ1) is 31.9. The number of anilines is 1. The second-order valence-corrected chi connectivity index (χ2v) is 12.3. The van der Waals surface area contributed by atoms with Gasteiger partial charge in [-0.05, 0) is 31.4 Å². The van der Waals surface area contributed by atoms with Crippen LogP contribution in [0.25, 0.3) is 0 Å². The van der Waals surface area contributed by atoms with Crippen LogP contribution in [-0.2, 0) is 28.7 Å². The van der Waals surface area contributed by atoms with E-state index in [0.717, 1.165) is 16.4 Å². The van der Waals surface area contributed by atoms with Crippen LogP contribution in [0.4, 0.5) is 9.93 Å². The third-order valence-electron chi connectivity index (χ3n) is 7.63. The molecule has 0 aromatic carbocycles. The number of hydrogen-bond acceptors (Lipinski definition) is 15. The molecule has 0 radical (unpaired) electrons. The number of nitrogens with one attached hydrogen (secondary N) is 1. The lowest BCUT2D eigenvalue weighted by Gasteiger charge is -2.49. The molecule has 5 rings (SSSR count). The van der Waals surface area contributed by atoms with Gasteiger partial charge in [-0.25, -0.2) is 9.59 Å². The number of amides is 4. The molecule has 3 saturated heterocycles. The number of carbonyl (C=O) groups is 6. The summed E-state index contributed by atoms with van der Waals surface area (Å²) in [6.07, 6.45) is 0.292. The number of carbonyl (C=O) groups excluding carboxylic acids is 5. The zero-order valence-corrected chi connectivity index (χ0v) is 25.2. The predicted octanol–water partition coefficient (Wildman–Crippen LogP) is -1.64. The smallest absolute Gasteiger partial charge is 0.410 e. The first-order chi connectivity index (χ1) is 21.4. The van der Waals surface area contributed by atoms with Crippen LogP contribution >= 0.6 is 23.3 Å². The van der Waals surface area contributed by atoms with E-state index in [1.807, 2.05) is 0 Å². The molecule has 4 atom stereocenters. The topological polar surface area (TPSA) is 258 Å². The Labute approximate surface area is 262 Å². The van der Waals surface area contributed by atoms with Crippen LogP contribution in [0.5, 0.6) is 0 Å². The number of nitrogen functional groups attached to an aromatic ring is 1. The maximum absolute atomic E-state index is 13.3. The average Bonchev–Trinajstić information content (AvgIpc) is 3.75. The molecule has 0 spiro atoms. The Bertz CT molecular complexity index is 1560. The van der Waals surface area contributed by atoms with Gasteiger partial charge in [0.2, 0.25) is 17.4 Å². The van der Waals surface area contributed by atoms with E-state index in [4.69, 9.17) is 10.5 Å². The van der Waals surface area contributed by atoms with Crippen molar-refractivity contribution >= 4 is 69.7 Å². The Morgan fingerprint density at radius 2 is 2.02 bits per heavy atom. The summed E-state index contributed by atoms with van der Waals surface area (Å²) >= 11 is 1.96. The lowest BCUT2D eigenvalue weighted by molar-refractivity contribution is -0.150. The zero-order chi connectivity index (χ0) is 32.6. The van der Waals surface area contributed by atoms with Crippen molar-refractivity contribution in [3.05, 3.63) is 28.7 Å². The van der Waals surface area contributed by atoms with E-state index in [-0.39, 0.29) is 46.5 Å². The number of hydrogen-bond donors (Lipinski definition) is 5. The highest BCUT2D eigenvalue weighted by Gasteiger charge is 2.54. The van der Waals surface area contributed by atoms with Crippen molar-refractivity contribution in [1.29, 1.82) is 0 Å².